The fourth-order valence-corrected chi connectivity index (χ4v) is 2.90. The van der Waals surface area contributed by atoms with E-state index in [4.69, 9.17) is 9.47 Å². The van der Waals surface area contributed by atoms with E-state index in [0.717, 1.165) is 38.8 Å². The predicted octanol–water partition coefficient (Wildman–Crippen LogP) is 2.07. The Hall–Kier alpha value is -0.120. The normalized spacial score (nSPS) is 25.5. The molecule has 0 aromatic rings. The number of hydrogen-bond donors (Lipinski definition) is 1. The molecule has 16 heavy (non-hydrogen) atoms. The average Bonchev–Trinajstić information content (AvgIpc) is 2.76. The third-order valence-corrected chi connectivity index (χ3v) is 3.95. The van der Waals surface area contributed by atoms with Crippen LogP contribution in [0.5, 0.6) is 0 Å². The molecular weight excluding hydrogens is 202 g/mol. The lowest BCUT2D eigenvalue weighted by Gasteiger charge is -2.35. The molecule has 1 atom stereocenters. The van der Waals surface area contributed by atoms with Gasteiger partial charge in [0.05, 0.1) is 13.2 Å². The van der Waals surface area contributed by atoms with Gasteiger partial charge in [0, 0.05) is 32.2 Å². The minimum atomic E-state index is 0.372. The van der Waals surface area contributed by atoms with Crippen LogP contribution in [0.1, 0.15) is 33.1 Å². The average molecular weight is 229 g/mol. The Morgan fingerprint density at radius 3 is 2.62 bits per heavy atom. The molecule has 1 saturated heterocycles. The van der Waals surface area contributed by atoms with Crippen molar-refractivity contribution in [1.82, 2.24) is 5.32 Å². The van der Waals surface area contributed by atoms with Crippen LogP contribution in [0.25, 0.3) is 0 Å². The summed E-state index contributed by atoms with van der Waals surface area (Å²) in [6, 6.07) is 0. The first-order chi connectivity index (χ1) is 7.79. The van der Waals surface area contributed by atoms with E-state index in [9.17, 15) is 0 Å². The summed E-state index contributed by atoms with van der Waals surface area (Å²) < 4.78 is 10.7. The molecule has 1 fully saturated rings. The minimum absolute atomic E-state index is 0.372. The number of ether oxygens (including phenoxy) is 2. The first-order valence-corrected chi connectivity index (χ1v) is 6.56. The Morgan fingerprint density at radius 1 is 1.38 bits per heavy atom. The molecule has 1 unspecified atom stereocenters. The van der Waals surface area contributed by atoms with Crippen molar-refractivity contribution >= 4 is 0 Å². The largest absolute Gasteiger partial charge is 0.383 e. The van der Waals surface area contributed by atoms with Crippen molar-refractivity contribution in [2.75, 3.05) is 40.0 Å². The zero-order chi connectivity index (χ0) is 11.9. The molecule has 0 aliphatic carbocycles. The molecule has 96 valence electrons. The first kappa shape index (κ1) is 13.9. The van der Waals surface area contributed by atoms with Crippen molar-refractivity contribution in [3.63, 3.8) is 0 Å². The van der Waals surface area contributed by atoms with Gasteiger partial charge in [-0.05, 0) is 12.3 Å². The second-order valence-corrected chi connectivity index (χ2v) is 4.85. The van der Waals surface area contributed by atoms with Crippen molar-refractivity contribution in [3.8, 4) is 0 Å². The highest BCUT2D eigenvalue weighted by Crippen LogP contribution is 2.39. The molecule has 0 aromatic carbocycles. The van der Waals surface area contributed by atoms with Crippen LogP contribution in [-0.4, -0.2) is 40.0 Å². The first-order valence-electron chi connectivity index (χ1n) is 6.56. The highest BCUT2D eigenvalue weighted by Gasteiger charge is 2.39. The van der Waals surface area contributed by atoms with E-state index in [0.29, 0.717) is 5.41 Å². The molecule has 3 nitrogen and oxygen atoms in total. The third-order valence-electron chi connectivity index (χ3n) is 3.95. The molecule has 1 rings (SSSR count). The van der Waals surface area contributed by atoms with Crippen LogP contribution in [0.4, 0.5) is 0 Å². The van der Waals surface area contributed by atoms with Crippen molar-refractivity contribution in [1.29, 1.82) is 0 Å². The topological polar surface area (TPSA) is 30.5 Å². The summed E-state index contributed by atoms with van der Waals surface area (Å²) in [6.45, 7) is 9.26. The lowest BCUT2D eigenvalue weighted by Crippen LogP contribution is -2.41. The molecule has 3 heteroatoms. The molecule has 0 spiro atoms. The van der Waals surface area contributed by atoms with Crippen LogP contribution < -0.4 is 5.32 Å². The molecule has 1 N–H and O–H groups in total. The molecule has 1 aliphatic heterocycles. The lowest BCUT2D eigenvalue weighted by atomic mass is 9.72. The number of rotatable bonds is 8. The SMILES string of the molecule is CCC(CC)C1(CNCCOC)CCOC1. The standard InChI is InChI=1S/C13H27NO2/c1-4-12(5-2)13(6-8-16-11-13)10-14-7-9-15-3/h12,14H,4-11H2,1-3H3. The maximum absolute atomic E-state index is 5.63. The zero-order valence-electron chi connectivity index (χ0n) is 11.1. The van der Waals surface area contributed by atoms with E-state index >= 15 is 0 Å². The van der Waals surface area contributed by atoms with Gasteiger partial charge in [-0.2, -0.15) is 0 Å². The number of nitrogens with one attached hydrogen (secondary N) is 1. The van der Waals surface area contributed by atoms with Crippen molar-refractivity contribution in [2.24, 2.45) is 11.3 Å². The Morgan fingerprint density at radius 2 is 2.12 bits per heavy atom. The van der Waals surface area contributed by atoms with Gasteiger partial charge >= 0.3 is 0 Å². The molecular formula is C13H27NO2. The molecule has 1 heterocycles. The van der Waals surface area contributed by atoms with Gasteiger partial charge < -0.3 is 14.8 Å². The lowest BCUT2D eigenvalue weighted by molar-refractivity contribution is 0.0958. The van der Waals surface area contributed by atoms with Crippen molar-refractivity contribution < 1.29 is 9.47 Å². The number of hydrogen-bond acceptors (Lipinski definition) is 3. The predicted molar refractivity (Wildman–Crippen MR) is 66.7 cm³/mol. The van der Waals surface area contributed by atoms with E-state index in [1.165, 1.54) is 19.3 Å². The van der Waals surface area contributed by atoms with Gasteiger partial charge in [0.25, 0.3) is 0 Å². The van der Waals surface area contributed by atoms with Crippen LogP contribution in [0.2, 0.25) is 0 Å². The molecule has 0 bridgehead atoms. The van der Waals surface area contributed by atoms with E-state index in [2.05, 4.69) is 19.2 Å². The van der Waals surface area contributed by atoms with Gasteiger partial charge in [0.15, 0.2) is 0 Å². The minimum Gasteiger partial charge on any atom is -0.383 e. The molecule has 1 aliphatic rings. The monoisotopic (exact) mass is 229 g/mol. The number of methoxy groups -OCH3 is 1. The molecule has 0 amide bonds. The van der Waals surface area contributed by atoms with Crippen molar-refractivity contribution in [2.45, 2.75) is 33.1 Å². The summed E-state index contributed by atoms with van der Waals surface area (Å²) in [7, 11) is 1.75. The van der Waals surface area contributed by atoms with E-state index in [1.807, 2.05) is 0 Å². The Balaban J connectivity index is 2.44. The van der Waals surface area contributed by atoms with E-state index in [-0.39, 0.29) is 0 Å². The second kappa shape index (κ2) is 7.25. The Kier molecular flexibility index (Phi) is 6.32. The van der Waals surface area contributed by atoms with Crippen molar-refractivity contribution in [3.05, 3.63) is 0 Å². The van der Waals surface area contributed by atoms with Gasteiger partial charge in [-0.1, -0.05) is 26.7 Å². The smallest absolute Gasteiger partial charge is 0.0587 e. The molecule has 0 saturated carbocycles. The van der Waals surface area contributed by atoms with Gasteiger partial charge in [-0.25, -0.2) is 0 Å². The second-order valence-electron chi connectivity index (χ2n) is 4.85. The molecule has 0 aromatic heterocycles. The summed E-state index contributed by atoms with van der Waals surface area (Å²) in [5.74, 6) is 0.782. The van der Waals surface area contributed by atoms with E-state index in [1.54, 1.807) is 7.11 Å². The van der Waals surface area contributed by atoms with Gasteiger partial charge in [0.1, 0.15) is 0 Å². The fourth-order valence-electron chi connectivity index (χ4n) is 2.90. The summed E-state index contributed by atoms with van der Waals surface area (Å²) in [6.07, 6.45) is 3.72. The highest BCUT2D eigenvalue weighted by atomic mass is 16.5. The van der Waals surface area contributed by atoms with Crippen LogP contribution in [0.3, 0.4) is 0 Å². The quantitative estimate of drug-likeness (QED) is 0.646. The third kappa shape index (κ3) is 3.44. The van der Waals surface area contributed by atoms with Crippen LogP contribution in [0, 0.1) is 11.3 Å². The van der Waals surface area contributed by atoms with Gasteiger partial charge in [0.2, 0.25) is 0 Å². The summed E-state index contributed by atoms with van der Waals surface area (Å²) in [5.41, 5.74) is 0.372. The van der Waals surface area contributed by atoms with Crippen LogP contribution in [0.15, 0.2) is 0 Å². The summed E-state index contributed by atoms with van der Waals surface area (Å²) in [5, 5.41) is 3.51. The van der Waals surface area contributed by atoms with E-state index < -0.39 is 0 Å². The van der Waals surface area contributed by atoms with Gasteiger partial charge in [-0.3, -0.25) is 0 Å². The van der Waals surface area contributed by atoms with Crippen LogP contribution in [-0.2, 0) is 9.47 Å². The summed E-state index contributed by atoms with van der Waals surface area (Å²) in [4.78, 5) is 0. The maximum Gasteiger partial charge on any atom is 0.0587 e. The Labute approximate surface area is 99.9 Å². The van der Waals surface area contributed by atoms with Gasteiger partial charge in [-0.15, -0.1) is 0 Å². The fraction of sp³-hybridized carbons (Fsp3) is 1.00. The summed E-state index contributed by atoms with van der Waals surface area (Å²) >= 11 is 0. The maximum atomic E-state index is 5.63. The highest BCUT2D eigenvalue weighted by molar-refractivity contribution is 4.90. The zero-order valence-corrected chi connectivity index (χ0v) is 11.1. The Bertz CT molecular complexity index is 175. The molecule has 0 radical (unpaired) electrons. The van der Waals surface area contributed by atoms with Crippen LogP contribution >= 0.6 is 0 Å².